The van der Waals surface area contributed by atoms with Crippen molar-refractivity contribution >= 4 is 29.5 Å². The Hall–Kier alpha value is -2.41. The number of anilines is 1. The van der Waals surface area contributed by atoms with E-state index in [4.69, 9.17) is 5.11 Å². The van der Waals surface area contributed by atoms with Crippen LogP contribution in [0.25, 0.3) is 0 Å². The van der Waals surface area contributed by atoms with Crippen LogP contribution >= 0.6 is 11.8 Å². The maximum Gasteiger partial charge on any atom is 0.335 e. The summed E-state index contributed by atoms with van der Waals surface area (Å²) in [6, 6.07) is 6.30. The Labute approximate surface area is 119 Å². The zero-order chi connectivity index (χ0) is 14.4. The number of carbonyl (C=O) groups excluding carboxylic acids is 1. The van der Waals surface area contributed by atoms with Crippen LogP contribution in [-0.2, 0) is 4.79 Å². The summed E-state index contributed by atoms with van der Waals surface area (Å²) in [5, 5.41) is 11.4. The fourth-order valence-electron chi connectivity index (χ4n) is 1.39. The Morgan fingerprint density at radius 3 is 2.65 bits per heavy atom. The maximum absolute atomic E-state index is 11.7. The zero-order valence-corrected chi connectivity index (χ0v) is 11.1. The van der Waals surface area contributed by atoms with Gasteiger partial charge in [-0.1, -0.05) is 0 Å². The fourth-order valence-corrected chi connectivity index (χ4v) is 2.08. The van der Waals surface area contributed by atoms with Crippen LogP contribution in [0.3, 0.4) is 0 Å². The zero-order valence-electron chi connectivity index (χ0n) is 10.3. The number of amides is 1. The van der Waals surface area contributed by atoms with Crippen molar-refractivity contribution in [1.82, 2.24) is 9.97 Å². The number of pyridine rings is 2. The van der Waals surface area contributed by atoms with Crippen LogP contribution in [0.1, 0.15) is 10.4 Å². The molecular weight excluding hydrogens is 278 g/mol. The first kappa shape index (κ1) is 14.0. The van der Waals surface area contributed by atoms with Gasteiger partial charge < -0.3 is 10.4 Å². The molecule has 2 heterocycles. The van der Waals surface area contributed by atoms with Gasteiger partial charge in [0.2, 0.25) is 5.91 Å². The molecule has 0 atom stereocenters. The second-order valence-electron chi connectivity index (χ2n) is 3.75. The smallest absolute Gasteiger partial charge is 0.335 e. The van der Waals surface area contributed by atoms with Crippen molar-refractivity contribution in [3.8, 4) is 0 Å². The van der Waals surface area contributed by atoms with Gasteiger partial charge in [0.25, 0.3) is 0 Å². The van der Waals surface area contributed by atoms with E-state index in [9.17, 15) is 9.59 Å². The number of hydrogen-bond donors (Lipinski definition) is 2. The third-order valence-corrected chi connectivity index (χ3v) is 3.31. The Bertz CT molecular complexity index is 619. The number of nitrogens with one attached hydrogen (secondary N) is 1. The van der Waals surface area contributed by atoms with Crippen molar-refractivity contribution < 1.29 is 14.7 Å². The molecule has 2 N–H and O–H groups in total. The molecule has 0 bridgehead atoms. The first-order chi connectivity index (χ1) is 9.65. The van der Waals surface area contributed by atoms with Crippen LogP contribution in [0, 0.1) is 0 Å². The van der Waals surface area contributed by atoms with Crippen LogP contribution in [0.15, 0.2) is 47.8 Å². The first-order valence-electron chi connectivity index (χ1n) is 5.67. The Morgan fingerprint density at radius 1 is 1.20 bits per heavy atom. The second kappa shape index (κ2) is 6.67. The van der Waals surface area contributed by atoms with Gasteiger partial charge in [0.15, 0.2) is 0 Å². The monoisotopic (exact) mass is 289 g/mol. The van der Waals surface area contributed by atoms with Gasteiger partial charge in [-0.3, -0.25) is 9.78 Å². The van der Waals surface area contributed by atoms with E-state index in [1.807, 2.05) is 0 Å². The molecule has 2 aromatic heterocycles. The van der Waals surface area contributed by atoms with Gasteiger partial charge in [-0.05, 0) is 24.3 Å². The van der Waals surface area contributed by atoms with E-state index >= 15 is 0 Å². The topological polar surface area (TPSA) is 92.2 Å². The molecular formula is C13H11N3O3S. The van der Waals surface area contributed by atoms with E-state index in [0.29, 0.717) is 0 Å². The summed E-state index contributed by atoms with van der Waals surface area (Å²) >= 11 is 1.36. The Morgan fingerprint density at radius 2 is 1.95 bits per heavy atom. The van der Waals surface area contributed by atoms with Crippen LogP contribution < -0.4 is 5.32 Å². The van der Waals surface area contributed by atoms with Crippen molar-refractivity contribution in [2.45, 2.75) is 4.90 Å². The van der Waals surface area contributed by atoms with E-state index < -0.39 is 5.97 Å². The third kappa shape index (κ3) is 4.06. The molecule has 6 nitrogen and oxygen atoms in total. The van der Waals surface area contributed by atoms with Gasteiger partial charge in [-0.25, -0.2) is 9.78 Å². The number of rotatable bonds is 5. The van der Waals surface area contributed by atoms with E-state index in [1.165, 1.54) is 30.1 Å². The highest BCUT2D eigenvalue weighted by atomic mass is 32.2. The average Bonchev–Trinajstić information content (AvgIpc) is 2.46. The number of thioether (sulfide) groups is 1. The predicted molar refractivity (Wildman–Crippen MR) is 74.8 cm³/mol. The summed E-state index contributed by atoms with van der Waals surface area (Å²) in [5.74, 6) is -0.871. The largest absolute Gasteiger partial charge is 0.478 e. The summed E-state index contributed by atoms with van der Waals surface area (Å²) in [7, 11) is 0. The van der Waals surface area contributed by atoms with Crippen molar-refractivity contribution in [3.05, 3.63) is 48.4 Å². The van der Waals surface area contributed by atoms with E-state index in [0.717, 1.165) is 4.90 Å². The molecule has 0 aromatic carbocycles. The van der Waals surface area contributed by atoms with Gasteiger partial charge in [-0.15, -0.1) is 11.8 Å². The molecule has 0 aliphatic heterocycles. The molecule has 2 aromatic rings. The molecule has 2 rings (SSSR count). The minimum atomic E-state index is -1.06. The van der Waals surface area contributed by atoms with Crippen LogP contribution in [0.4, 0.5) is 5.82 Å². The Balaban J connectivity index is 1.91. The number of carboxylic acid groups (broad SMARTS) is 1. The fraction of sp³-hybridized carbons (Fsp3) is 0.0769. The molecule has 0 aliphatic carbocycles. The van der Waals surface area contributed by atoms with E-state index in [1.54, 1.807) is 24.5 Å². The molecule has 0 saturated carbocycles. The van der Waals surface area contributed by atoms with Crippen LogP contribution in [0.2, 0.25) is 0 Å². The highest BCUT2D eigenvalue weighted by Gasteiger charge is 2.07. The minimum Gasteiger partial charge on any atom is -0.478 e. The first-order valence-corrected chi connectivity index (χ1v) is 6.66. The normalized spacial score (nSPS) is 10.0. The van der Waals surface area contributed by atoms with E-state index in [2.05, 4.69) is 15.3 Å². The second-order valence-corrected chi connectivity index (χ2v) is 4.80. The molecule has 0 unspecified atom stereocenters. The number of hydrogen-bond acceptors (Lipinski definition) is 5. The van der Waals surface area contributed by atoms with Gasteiger partial charge in [0, 0.05) is 23.5 Å². The number of aromatic nitrogens is 2. The molecule has 0 aliphatic rings. The van der Waals surface area contributed by atoms with Gasteiger partial charge in [0.1, 0.15) is 5.82 Å². The molecule has 7 heteroatoms. The predicted octanol–water partition coefficient (Wildman–Crippen LogP) is 1.91. The van der Waals surface area contributed by atoms with Gasteiger partial charge in [-0.2, -0.15) is 0 Å². The minimum absolute atomic E-state index is 0.0806. The molecule has 102 valence electrons. The van der Waals surface area contributed by atoms with Crippen molar-refractivity contribution in [2.24, 2.45) is 0 Å². The highest BCUT2D eigenvalue weighted by molar-refractivity contribution is 8.00. The SMILES string of the molecule is O=C(CSc1ccncc1)Nc1cc(C(=O)O)ccn1. The molecule has 0 fully saturated rings. The van der Waals surface area contributed by atoms with E-state index in [-0.39, 0.29) is 23.0 Å². The summed E-state index contributed by atoms with van der Waals surface area (Å²) in [5.41, 5.74) is 0.0806. The molecule has 0 saturated heterocycles. The van der Waals surface area contributed by atoms with Crippen molar-refractivity contribution in [2.75, 3.05) is 11.1 Å². The maximum atomic E-state index is 11.7. The summed E-state index contributed by atoms with van der Waals surface area (Å²) < 4.78 is 0. The molecule has 0 radical (unpaired) electrons. The molecule has 20 heavy (non-hydrogen) atoms. The van der Waals surface area contributed by atoms with Gasteiger partial charge in [0.05, 0.1) is 11.3 Å². The van der Waals surface area contributed by atoms with Crippen LogP contribution in [0.5, 0.6) is 0 Å². The van der Waals surface area contributed by atoms with Gasteiger partial charge >= 0.3 is 5.97 Å². The molecule has 1 amide bonds. The summed E-state index contributed by atoms with van der Waals surface area (Å²) in [4.78, 5) is 31.3. The van der Waals surface area contributed by atoms with Crippen molar-refractivity contribution in [3.63, 3.8) is 0 Å². The highest BCUT2D eigenvalue weighted by Crippen LogP contribution is 2.16. The molecule has 0 spiro atoms. The number of carbonyl (C=O) groups is 2. The quantitative estimate of drug-likeness (QED) is 0.817. The summed E-state index contributed by atoms with van der Waals surface area (Å²) in [6.07, 6.45) is 4.64. The number of nitrogens with zero attached hydrogens (tertiary/aromatic N) is 2. The lowest BCUT2D eigenvalue weighted by Gasteiger charge is -2.05. The lowest BCUT2D eigenvalue weighted by atomic mass is 10.2. The number of carboxylic acids is 1. The lowest BCUT2D eigenvalue weighted by molar-refractivity contribution is -0.113. The lowest BCUT2D eigenvalue weighted by Crippen LogP contribution is -2.15. The van der Waals surface area contributed by atoms with Crippen LogP contribution in [-0.4, -0.2) is 32.7 Å². The third-order valence-electron chi connectivity index (χ3n) is 2.29. The van der Waals surface area contributed by atoms with Crippen molar-refractivity contribution in [1.29, 1.82) is 0 Å². The average molecular weight is 289 g/mol. The standard InChI is InChI=1S/C13H11N3O3S/c17-12(8-20-10-2-4-14-5-3-10)16-11-7-9(13(18)19)1-6-15-11/h1-7H,8H2,(H,18,19)(H,15,16,17). The Kier molecular flexibility index (Phi) is 4.67. The number of aromatic carboxylic acids is 1. The summed E-state index contributed by atoms with van der Waals surface area (Å²) in [6.45, 7) is 0.